The van der Waals surface area contributed by atoms with Gasteiger partial charge in [0.1, 0.15) is 10.8 Å². The molecule has 0 radical (unpaired) electrons. The quantitative estimate of drug-likeness (QED) is 0.672. The van der Waals surface area contributed by atoms with Crippen LogP contribution in [-0.2, 0) is 0 Å². The van der Waals surface area contributed by atoms with Gasteiger partial charge in [0.25, 0.3) is 0 Å². The average Bonchev–Trinajstić information content (AvgIpc) is 2.37. The molecule has 0 unspecified atom stereocenters. The standard InChI is InChI=1S/C10H7BrF2N4O/c11-7-9(17-14)15-4-16-10(7)18-6-3-1-2-5(12)8(6)13/h1-4H,14H2,(H,15,16,17). The van der Waals surface area contributed by atoms with Crippen LogP contribution in [-0.4, -0.2) is 9.97 Å². The smallest absolute Gasteiger partial charge is 0.239 e. The summed E-state index contributed by atoms with van der Waals surface area (Å²) in [6.45, 7) is 0. The molecule has 18 heavy (non-hydrogen) atoms. The zero-order chi connectivity index (χ0) is 13.1. The third-order valence-corrected chi connectivity index (χ3v) is 2.73. The zero-order valence-corrected chi connectivity index (χ0v) is 10.4. The van der Waals surface area contributed by atoms with E-state index in [0.717, 1.165) is 6.07 Å². The van der Waals surface area contributed by atoms with Crippen molar-refractivity contribution in [1.29, 1.82) is 0 Å². The number of aromatic nitrogens is 2. The summed E-state index contributed by atoms with van der Waals surface area (Å²) in [5.41, 5.74) is 2.30. The Kier molecular flexibility index (Phi) is 3.68. The van der Waals surface area contributed by atoms with Crippen LogP contribution < -0.4 is 16.0 Å². The molecule has 94 valence electrons. The molecule has 1 aromatic heterocycles. The number of nitrogen functional groups attached to an aromatic ring is 1. The molecule has 1 aromatic carbocycles. The maximum Gasteiger partial charge on any atom is 0.239 e. The molecule has 3 N–H and O–H groups in total. The highest BCUT2D eigenvalue weighted by atomic mass is 79.9. The minimum Gasteiger partial charge on any atom is -0.434 e. The van der Waals surface area contributed by atoms with Gasteiger partial charge in [0.15, 0.2) is 17.4 Å². The normalized spacial score (nSPS) is 10.2. The first kappa shape index (κ1) is 12.7. The van der Waals surface area contributed by atoms with E-state index < -0.39 is 11.6 Å². The summed E-state index contributed by atoms with van der Waals surface area (Å²) < 4.78 is 31.9. The van der Waals surface area contributed by atoms with E-state index in [1.807, 2.05) is 0 Å². The van der Waals surface area contributed by atoms with Crippen LogP contribution in [0.4, 0.5) is 14.6 Å². The van der Waals surface area contributed by atoms with Gasteiger partial charge in [-0.3, -0.25) is 0 Å². The summed E-state index contributed by atoms with van der Waals surface area (Å²) in [5, 5.41) is 0. The first-order valence-corrected chi connectivity index (χ1v) is 5.51. The zero-order valence-electron chi connectivity index (χ0n) is 8.82. The fourth-order valence-electron chi connectivity index (χ4n) is 1.19. The summed E-state index contributed by atoms with van der Waals surface area (Å²) in [4.78, 5) is 7.59. The summed E-state index contributed by atoms with van der Waals surface area (Å²) in [5.74, 6) is 3.11. The van der Waals surface area contributed by atoms with Crippen LogP contribution in [0.2, 0.25) is 0 Å². The van der Waals surface area contributed by atoms with Crippen molar-refractivity contribution in [3.63, 3.8) is 0 Å². The van der Waals surface area contributed by atoms with Crippen molar-refractivity contribution in [3.8, 4) is 11.6 Å². The molecule has 0 bridgehead atoms. The average molecular weight is 317 g/mol. The Morgan fingerprint density at radius 3 is 2.78 bits per heavy atom. The predicted molar refractivity (Wildman–Crippen MR) is 64.0 cm³/mol. The lowest BCUT2D eigenvalue weighted by Crippen LogP contribution is -2.10. The number of nitrogens with one attached hydrogen (secondary N) is 1. The molecule has 5 nitrogen and oxygen atoms in total. The Morgan fingerprint density at radius 2 is 2.06 bits per heavy atom. The van der Waals surface area contributed by atoms with Gasteiger partial charge in [0, 0.05) is 0 Å². The number of rotatable bonds is 3. The Labute approximate surface area is 109 Å². The minimum atomic E-state index is -1.09. The predicted octanol–water partition coefficient (Wildman–Crippen LogP) is 2.60. The van der Waals surface area contributed by atoms with Gasteiger partial charge in [0.2, 0.25) is 11.7 Å². The fourth-order valence-corrected chi connectivity index (χ4v) is 1.59. The van der Waals surface area contributed by atoms with Crippen molar-refractivity contribution < 1.29 is 13.5 Å². The van der Waals surface area contributed by atoms with E-state index in [1.165, 1.54) is 18.5 Å². The SMILES string of the molecule is NNc1ncnc(Oc2cccc(F)c2F)c1Br. The molecule has 8 heteroatoms. The highest BCUT2D eigenvalue weighted by Crippen LogP contribution is 2.32. The second kappa shape index (κ2) is 5.23. The summed E-state index contributed by atoms with van der Waals surface area (Å²) in [6, 6.07) is 3.59. The third kappa shape index (κ3) is 2.39. The number of hydrogen-bond acceptors (Lipinski definition) is 5. The van der Waals surface area contributed by atoms with E-state index in [9.17, 15) is 8.78 Å². The first-order valence-electron chi connectivity index (χ1n) is 4.72. The summed E-state index contributed by atoms with van der Waals surface area (Å²) in [7, 11) is 0. The van der Waals surface area contributed by atoms with Crippen LogP contribution in [0.15, 0.2) is 29.0 Å². The van der Waals surface area contributed by atoms with Crippen LogP contribution in [0.3, 0.4) is 0 Å². The number of ether oxygens (including phenoxy) is 1. The maximum absolute atomic E-state index is 13.4. The summed E-state index contributed by atoms with van der Waals surface area (Å²) in [6.07, 6.45) is 1.17. The third-order valence-electron chi connectivity index (χ3n) is 2.02. The molecule has 0 atom stereocenters. The fraction of sp³-hybridized carbons (Fsp3) is 0. The van der Waals surface area contributed by atoms with Crippen LogP contribution in [0.25, 0.3) is 0 Å². The van der Waals surface area contributed by atoms with Crippen LogP contribution >= 0.6 is 15.9 Å². The van der Waals surface area contributed by atoms with Crippen LogP contribution in [0.5, 0.6) is 11.6 Å². The highest BCUT2D eigenvalue weighted by molar-refractivity contribution is 9.10. The van der Waals surface area contributed by atoms with Crippen molar-refractivity contribution in [2.75, 3.05) is 5.43 Å². The number of nitrogens with two attached hydrogens (primary N) is 1. The number of hydrazine groups is 1. The monoisotopic (exact) mass is 316 g/mol. The van der Waals surface area contributed by atoms with Gasteiger partial charge in [-0.1, -0.05) is 6.07 Å². The Hall–Kier alpha value is -1.80. The molecule has 0 saturated carbocycles. The van der Waals surface area contributed by atoms with Gasteiger partial charge in [-0.25, -0.2) is 20.2 Å². The topological polar surface area (TPSA) is 73.1 Å². The van der Waals surface area contributed by atoms with Gasteiger partial charge in [-0.05, 0) is 28.1 Å². The molecule has 0 amide bonds. The lowest BCUT2D eigenvalue weighted by molar-refractivity contribution is 0.403. The molecule has 0 aliphatic carbocycles. The lowest BCUT2D eigenvalue weighted by Gasteiger charge is -2.09. The molecule has 0 aliphatic rings. The van der Waals surface area contributed by atoms with Crippen LogP contribution in [0, 0.1) is 11.6 Å². The van der Waals surface area contributed by atoms with Crippen LogP contribution in [0.1, 0.15) is 0 Å². The molecule has 0 spiro atoms. The second-order valence-corrected chi connectivity index (χ2v) is 3.93. The maximum atomic E-state index is 13.4. The molecule has 0 fully saturated rings. The largest absolute Gasteiger partial charge is 0.434 e. The Bertz CT molecular complexity index is 582. The number of halogens is 3. The molecular formula is C10H7BrF2N4O. The number of hydrogen-bond donors (Lipinski definition) is 2. The molecule has 1 heterocycles. The Balaban J connectivity index is 2.37. The Morgan fingerprint density at radius 1 is 1.28 bits per heavy atom. The van der Waals surface area contributed by atoms with Crippen molar-refractivity contribution in [2.24, 2.45) is 5.84 Å². The highest BCUT2D eigenvalue weighted by Gasteiger charge is 2.14. The molecule has 0 saturated heterocycles. The van der Waals surface area contributed by atoms with E-state index in [1.54, 1.807) is 0 Å². The van der Waals surface area contributed by atoms with E-state index in [4.69, 9.17) is 10.6 Å². The second-order valence-electron chi connectivity index (χ2n) is 3.14. The van der Waals surface area contributed by atoms with E-state index in [-0.39, 0.29) is 17.4 Å². The van der Waals surface area contributed by atoms with Crippen molar-refractivity contribution in [3.05, 3.63) is 40.6 Å². The van der Waals surface area contributed by atoms with Gasteiger partial charge < -0.3 is 10.2 Å². The van der Waals surface area contributed by atoms with Gasteiger partial charge in [0.05, 0.1) is 0 Å². The van der Waals surface area contributed by atoms with Crippen molar-refractivity contribution in [1.82, 2.24) is 9.97 Å². The van der Waals surface area contributed by atoms with E-state index in [2.05, 4.69) is 31.3 Å². The van der Waals surface area contributed by atoms with Gasteiger partial charge in [-0.2, -0.15) is 4.39 Å². The minimum absolute atomic E-state index is 0.0162. The number of anilines is 1. The number of benzene rings is 1. The van der Waals surface area contributed by atoms with E-state index in [0.29, 0.717) is 4.47 Å². The van der Waals surface area contributed by atoms with Crippen molar-refractivity contribution in [2.45, 2.75) is 0 Å². The van der Waals surface area contributed by atoms with Crippen molar-refractivity contribution >= 4 is 21.7 Å². The van der Waals surface area contributed by atoms with Gasteiger partial charge in [-0.15, -0.1) is 0 Å². The van der Waals surface area contributed by atoms with E-state index >= 15 is 0 Å². The van der Waals surface area contributed by atoms with Gasteiger partial charge >= 0.3 is 0 Å². The number of nitrogens with zero attached hydrogens (tertiary/aromatic N) is 2. The summed E-state index contributed by atoms with van der Waals surface area (Å²) >= 11 is 3.13. The molecular weight excluding hydrogens is 310 g/mol. The molecule has 2 aromatic rings. The first-order chi connectivity index (χ1) is 8.63. The lowest BCUT2D eigenvalue weighted by atomic mass is 10.3. The molecule has 0 aliphatic heterocycles. The molecule has 2 rings (SSSR count).